The fourth-order valence-electron chi connectivity index (χ4n) is 4.09. The first-order valence-corrected chi connectivity index (χ1v) is 10.5. The fraction of sp³-hybridized carbons (Fsp3) is 0.423. The van der Waals surface area contributed by atoms with Crippen molar-refractivity contribution in [2.75, 3.05) is 7.11 Å². The van der Waals surface area contributed by atoms with E-state index in [-0.39, 0.29) is 11.9 Å². The lowest BCUT2D eigenvalue weighted by atomic mass is 9.68. The summed E-state index contributed by atoms with van der Waals surface area (Å²) >= 11 is 0. The Labute approximate surface area is 179 Å². The van der Waals surface area contributed by atoms with Crippen LogP contribution in [0.2, 0.25) is 0 Å². The molecule has 0 saturated heterocycles. The van der Waals surface area contributed by atoms with Gasteiger partial charge in [-0.3, -0.25) is 4.79 Å². The van der Waals surface area contributed by atoms with Crippen LogP contribution in [0.5, 0.6) is 0 Å². The van der Waals surface area contributed by atoms with Crippen LogP contribution in [0.4, 0.5) is 0 Å². The number of aliphatic hydroxyl groups excluding tert-OH is 1. The Morgan fingerprint density at radius 1 is 1.13 bits per heavy atom. The molecular formula is C26H32O4. The predicted octanol–water partition coefficient (Wildman–Crippen LogP) is 5.58. The van der Waals surface area contributed by atoms with E-state index in [4.69, 9.17) is 9.47 Å². The first-order chi connectivity index (χ1) is 14.3. The van der Waals surface area contributed by atoms with Crippen LogP contribution in [-0.2, 0) is 14.3 Å². The molecule has 2 unspecified atom stereocenters. The highest BCUT2D eigenvalue weighted by molar-refractivity contribution is 6.00. The first-order valence-electron chi connectivity index (χ1n) is 10.5. The number of benzene rings is 1. The molecule has 2 atom stereocenters. The monoisotopic (exact) mass is 408 g/mol. The van der Waals surface area contributed by atoms with Crippen molar-refractivity contribution in [3.8, 4) is 0 Å². The van der Waals surface area contributed by atoms with Crippen molar-refractivity contribution in [2.24, 2.45) is 5.41 Å². The molecule has 0 saturated carbocycles. The Bertz CT molecular complexity index is 890. The van der Waals surface area contributed by atoms with E-state index in [9.17, 15) is 9.90 Å². The smallest absolute Gasteiger partial charge is 0.173 e. The van der Waals surface area contributed by atoms with Crippen LogP contribution >= 0.6 is 0 Å². The van der Waals surface area contributed by atoms with Gasteiger partial charge in [0, 0.05) is 12.5 Å². The molecule has 1 aliphatic carbocycles. The number of ether oxygens (including phenoxy) is 2. The molecule has 0 fully saturated rings. The zero-order chi connectivity index (χ0) is 21.9. The van der Waals surface area contributed by atoms with Crippen molar-refractivity contribution in [2.45, 2.75) is 59.2 Å². The highest BCUT2D eigenvalue weighted by Crippen LogP contribution is 2.51. The van der Waals surface area contributed by atoms with Crippen molar-refractivity contribution < 1.29 is 19.4 Å². The molecule has 1 N–H and O–H groups in total. The van der Waals surface area contributed by atoms with Crippen molar-refractivity contribution in [1.82, 2.24) is 0 Å². The molecule has 1 aromatic carbocycles. The van der Waals surface area contributed by atoms with Crippen LogP contribution in [0.3, 0.4) is 0 Å². The Morgan fingerprint density at radius 3 is 2.27 bits per heavy atom. The maximum absolute atomic E-state index is 13.5. The lowest BCUT2D eigenvalue weighted by Crippen LogP contribution is -2.42. The molecule has 160 valence electrons. The van der Waals surface area contributed by atoms with Gasteiger partial charge in [-0.05, 0) is 46.1 Å². The number of carbonyl (C=O) groups is 1. The Morgan fingerprint density at radius 2 is 1.73 bits per heavy atom. The molecule has 0 amide bonds. The second kappa shape index (κ2) is 9.05. The van der Waals surface area contributed by atoms with Gasteiger partial charge in [0.1, 0.15) is 17.6 Å². The number of hydrogen-bond acceptors (Lipinski definition) is 4. The van der Waals surface area contributed by atoms with Crippen LogP contribution < -0.4 is 0 Å². The summed E-state index contributed by atoms with van der Waals surface area (Å²) < 4.78 is 12.0. The fourth-order valence-corrected chi connectivity index (χ4v) is 4.09. The molecule has 0 bridgehead atoms. The topological polar surface area (TPSA) is 55.8 Å². The highest BCUT2D eigenvalue weighted by atomic mass is 16.5. The minimum absolute atomic E-state index is 0.0472. The normalized spacial score (nSPS) is 22.5. The summed E-state index contributed by atoms with van der Waals surface area (Å²) in [5, 5.41) is 11.1. The number of ketones is 1. The summed E-state index contributed by atoms with van der Waals surface area (Å²) in [7, 11) is 1.53. The summed E-state index contributed by atoms with van der Waals surface area (Å²) in [6.07, 6.45) is 6.05. The Kier molecular flexibility index (Phi) is 6.67. The third-order valence-corrected chi connectivity index (χ3v) is 5.82. The maximum atomic E-state index is 13.5. The average Bonchev–Trinajstić information content (AvgIpc) is 2.72. The van der Waals surface area contributed by atoms with Gasteiger partial charge in [-0.1, -0.05) is 53.6 Å². The Balaban J connectivity index is 2.17. The lowest BCUT2D eigenvalue weighted by molar-refractivity contribution is -0.126. The quantitative estimate of drug-likeness (QED) is 0.625. The third-order valence-electron chi connectivity index (χ3n) is 5.82. The average molecular weight is 409 g/mol. The van der Waals surface area contributed by atoms with E-state index in [2.05, 4.69) is 12.2 Å². The van der Waals surface area contributed by atoms with Crippen molar-refractivity contribution in [1.29, 1.82) is 0 Å². The third kappa shape index (κ3) is 4.29. The van der Waals surface area contributed by atoms with Gasteiger partial charge in [-0.25, -0.2) is 0 Å². The van der Waals surface area contributed by atoms with Crippen LogP contribution in [0.15, 0.2) is 76.8 Å². The predicted molar refractivity (Wildman–Crippen MR) is 119 cm³/mol. The summed E-state index contributed by atoms with van der Waals surface area (Å²) in [5.41, 5.74) is 2.98. The van der Waals surface area contributed by atoms with Gasteiger partial charge in [0.25, 0.3) is 0 Å². The number of rotatable bonds is 6. The van der Waals surface area contributed by atoms with Gasteiger partial charge in [-0.15, -0.1) is 0 Å². The van der Waals surface area contributed by atoms with E-state index in [0.29, 0.717) is 36.4 Å². The second-order valence-corrected chi connectivity index (χ2v) is 8.64. The summed E-state index contributed by atoms with van der Waals surface area (Å²) in [5.74, 6) is 0.905. The minimum Gasteiger partial charge on any atom is -0.496 e. The molecule has 1 aromatic rings. The zero-order valence-electron chi connectivity index (χ0n) is 18.6. The molecule has 30 heavy (non-hydrogen) atoms. The van der Waals surface area contributed by atoms with E-state index in [1.165, 1.54) is 13.2 Å². The minimum atomic E-state index is -0.889. The summed E-state index contributed by atoms with van der Waals surface area (Å²) in [4.78, 5) is 13.5. The number of allylic oxidation sites excluding steroid dienone is 6. The number of carbonyl (C=O) groups excluding carboxylic acids is 1. The second-order valence-electron chi connectivity index (χ2n) is 8.64. The van der Waals surface area contributed by atoms with E-state index in [0.717, 1.165) is 16.7 Å². The summed E-state index contributed by atoms with van der Waals surface area (Å²) in [6.45, 7) is 8.10. The molecule has 2 aliphatic rings. The van der Waals surface area contributed by atoms with Gasteiger partial charge >= 0.3 is 0 Å². The molecule has 0 aromatic heterocycles. The Hall–Kier alpha value is -2.59. The standard InChI is InChI=1S/C26H32O4/c1-17(2)11-13-26(14-12-18(3)4)23(28)16-22(29-5)24-20(27)15-21(30-25(24)26)19-9-7-6-8-10-19/h6-12,16,20-21,27H,13-15H2,1-5H3. The molecule has 3 rings (SSSR count). The van der Waals surface area contributed by atoms with Gasteiger partial charge in [0.05, 0.1) is 24.2 Å². The van der Waals surface area contributed by atoms with Crippen molar-refractivity contribution >= 4 is 5.78 Å². The first kappa shape index (κ1) is 22.1. The van der Waals surface area contributed by atoms with Gasteiger partial charge in [0.15, 0.2) is 5.78 Å². The molecule has 0 spiro atoms. The SMILES string of the molecule is COC1=CC(=O)C(CC=C(C)C)(CC=C(C)C)C2=C1C(O)CC(c1ccccc1)O2. The van der Waals surface area contributed by atoms with E-state index in [1.54, 1.807) is 0 Å². The number of methoxy groups -OCH3 is 1. The lowest BCUT2D eigenvalue weighted by Gasteiger charge is -2.43. The molecule has 1 heterocycles. The largest absolute Gasteiger partial charge is 0.496 e. The van der Waals surface area contributed by atoms with Crippen LogP contribution in [0.25, 0.3) is 0 Å². The van der Waals surface area contributed by atoms with Crippen molar-refractivity contribution in [3.63, 3.8) is 0 Å². The van der Waals surface area contributed by atoms with Crippen LogP contribution in [-0.4, -0.2) is 24.1 Å². The maximum Gasteiger partial charge on any atom is 0.173 e. The van der Waals surface area contributed by atoms with Crippen LogP contribution in [0, 0.1) is 5.41 Å². The van der Waals surface area contributed by atoms with Crippen molar-refractivity contribution in [3.05, 3.63) is 82.4 Å². The van der Waals surface area contributed by atoms with E-state index >= 15 is 0 Å². The number of aliphatic hydroxyl groups is 1. The molecular weight excluding hydrogens is 376 g/mol. The zero-order valence-corrected chi connectivity index (χ0v) is 18.6. The molecule has 0 radical (unpaired) electrons. The summed E-state index contributed by atoms with van der Waals surface area (Å²) in [6, 6.07) is 9.86. The van der Waals surface area contributed by atoms with E-state index in [1.807, 2.05) is 58.0 Å². The molecule has 4 nitrogen and oxygen atoms in total. The van der Waals surface area contributed by atoms with Gasteiger partial charge in [-0.2, -0.15) is 0 Å². The molecule has 1 aliphatic heterocycles. The van der Waals surface area contributed by atoms with Crippen LogP contribution in [0.1, 0.15) is 58.6 Å². The highest BCUT2D eigenvalue weighted by Gasteiger charge is 2.50. The van der Waals surface area contributed by atoms with Gasteiger partial charge in [0.2, 0.25) is 0 Å². The van der Waals surface area contributed by atoms with Gasteiger partial charge < -0.3 is 14.6 Å². The molecule has 4 heteroatoms. The van der Waals surface area contributed by atoms with E-state index < -0.39 is 11.5 Å². The number of hydrogen-bond donors (Lipinski definition) is 1.